The Morgan fingerprint density at radius 2 is 1.70 bits per heavy atom. The Hall–Kier alpha value is -3.14. The van der Waals surface area contributed by atoms with Crippen molar-refractivity contribution < 1.29 is 9.10 Å². The quantitative estimate of drug-likeness (QED) is 0.188. The number of hydrogen-bond acceptors (Lipinski definition) is 3. The largest absolute Gasteiger partial charge is 0.371 e. The molecule has 3 aliphatic heterocycles. The van der Waals surface area contributed by atoms with Gasteiger partial charge in [-0.15, -0.1) is 0 Å². The van der Waals surface area contributed by atoms with Crippen LogP contribution in [0.25, 0.3) is 6.08 Å². The monoisotopic (exact) mass is 576 g/mol. The zero-order chi connectivity index (χ0) is 29.6. The minimum absolute atomic E-state index is 0.163. The first-order chi connectivity index (χ1) is 20.9. The van der Waals surface area contributed by atoms with Gasteiger partial charge in [0.25, 0.3) is 0 Å². The van der Waals surface area contributed by atoms with Crippen LogP contribution in [-0.2, 0) is 24.7 Å². The van der Waals surface area contributed by atoms with Crippen molar-refractivity contribution >= 4 is 23.2 Å². The normalized spacial score (nSPS) is 21.7. The van der Waals surface area contributed by atoms with E-state index in [2.05, 4.69) is 84.8 Å². The van der Waals surface area contributed by atoms with Gasteiger partial charge in [0.2, 0.25) is 5.69 Å². The van der Waals surface area contributed by atoms with Crippen LogP contribution in [0.4, 0.5) is 11.4 Å². The maximum absolute atomic E-state index is 5.68. The molecule has 0 spiro atoms. The van der Waals surface area contributed by atoms with Gasteiger partial charge >= 0.3 is 0 Å². The summed E-state index contributed by atoms with van der Waals surface area (Å²) in [4.78, 5) is 2.64. The lowest BCUT2D eigenvalue weighted by atomic mass is 9.73. The number of nitrogens with zero attached hydrogens (tertiary/aromatic N) is 3. The Morgan fingerprint density at radius 1 is 0.953 bits per heavy atom. The minimum atomic E-state index is -0.163. The van der Waals surface area contributed by atoms with Crippen molar-refractivity contribution in [3.8, 4) is 0 Å². The first kappa shape index (κ1) is 28.6. The second-order valence-electron chi connectivity index (χ2n) is 14.2. The highest BCUT2D eigenvalue weighted by molar-refractivity contribution is 6.06. The second-order valence-corrected chi connectivity index (χ2v) is 14.2. The van der Waals surface area contributed by atoms with Crippen LogP contribution in [0.1, 0.15) is 110 Å². The molecule has 4 heteroatoms. The number of aryl methyl sites for hydroxylation is 5. The highest BCUT2D eigenvalue weighted by atomic mass is 16.5. The van der Waals surface area contributed by atoms with Gasteiger partial charge in [0.1, 0.15) is 12.3 Å². The molecule has 226 valence electrons. The Labute approximate surface area is 258 Å². The van der Waals surface area contributed by atoms with E-state index in [0.717, 1.165) is 30.3 Å². The van der Waals surface area contributed by atoms with Crippen LogP contribution in [0.2, 0.25) is 0 Å². The van der Waals surface area contributed by atoms with E-state index in [1.165, 1.54) is 117 Å². The van der Waals surface area contributed by atoms with Crippen LogP contribution in [-0.4, -0.2) is 35.1 Å². The highest BCUT2D eigenvalue weighted by Gasteiger charge is 2.48. The van der Waals surface area contributed by atoms with E-state index in [-0.39, 0.29) is 5.41 Å². The van der Waals surface area contributed by atoms with Crippen LogP contribution in [0.15, 0.2) is 40.9 Å². The first-order valence-corrected chi connectivity index (χ1v) is 17.2. The van der Waals surface area contributed by atoms with Gasteiger partial charge in [0, 0.05) is 48.5 Å². The molecular weight excluding hydrogens is 526 g/mol. The maximum atomic E-state index is 5.68. The third-order valence-corrected chi connectivity index (χ3v) is 11.1. The van der Waals surface area contributed by atoms with Crippen molar-refractivity contribution in [1.82, 2.24) is 5.16 Å². The van der Waals surface area contributed by atoms with Crippen LogP contribution in [0.3, 0.4) is 0 Å². The number of benzene rings is 2. The van der Waals surface area contributed by atoms with Gasteiger partial charge in [-0.2, -0.15) is 4.58 Å². The Balaban J connectivity index is 1.28. The van der Waals surface area contributed by atoms with E-state index in [0.29, 0.717) is 0 Å². The molecule has 4 nitrogen and oxygen atoms in total. The SMILES string of the molecule is Cc1ccc2c(c1)C(C)(Cc1c(C)noc1C)C(/C=C/c1cc3c4c(c1)CCCN4CCC3)=[N+]2CCCCC1CCCC1. The molecule has 2 aromatic carbocycles. The van der Waals surface area contributed by atoms with Crippen molar-refractivity contribution in [3.63, 3.8) is 0 Å². The van der Waals surface area contributed by atoms with E-state index < -0.39 is 0 Å². The Bertz CT molecular complexity index is 1520. The van der Waals surface area contributed by atoms with E-state index in [1.54, 1.807) is 16.8 Å². The maximum Gasteiger partial charge on any atom is 0.209 e. The summed E-state index contributed by atoms with van der Waals surface area (Å²) in [5.74, 6) is 1.91. The fourth-order valence-electron chi connectivity index (χ4n) is 8.81. The molecule has 3 aromatic rings. The molecule has 1 aromatic heterocycles. The first-order valence-electron chi connectivity index (χ1n) is 17.2. The zero-order valence-corrected chi connectivity index (χ0v) is 27.0. The molecule has 4 aliphatic rings. The molecule has 7 rings (SSSR count). The number of anilines is 1. The highest BCUT2D eigenvalue weighted by Crippen LogP contribution is 2.44. The molecule has 1 atom stereocenters. The molecule has 43 heavy (non-hydrogen) atoms. The number of unbranched alkanes of at least 4 members (excludes halogenated alkanes) is 1. The molecule has 0 bridgehead atoms. The summed E-state index contributed by atoms with van der Waals surface area (Å²) < 4.78 is 8.35. The van der Waals surface area contributed by atoms with Crippen molar-refractivity contribution in [2.24, 2.45) is 5.92 Å². The van der Waals surface area contributed by atoms with Crippen LogP contribution < -0.4 is 4.90 Å². The molecule has 4 heterocycles. The van der Waals surface area contributed by atoms with Gasteiger partial charge in [-0.3, -0.25) is 0 Å². The lowest BCUT2D eigenvalue weighted by molar-refractivity contribution is -0.438. The van der Waals surface area contributed by atoms with Gasteiger partial charge in [0.15, 0.2) is 5.71 Å². The minimum Gasteiger partial charge on any atom is -0.371 e. The third kappa shape index (κ3) is 5.40. The summed E-state index contributed by atoms with van der Waals surface area (Å²) in [6.07, 6.45) is 20.5. The van der Waals surface area contributed by atoms with Crippen LogP contribution >= 0.6 is 0 Å². The number of allylic oxidation sites excluding steroid dienone is 1. The molecule has 1 aliphatic carbocycles. The lowest BCUT2D eigenvalue weighted by Gasteiger charge is -2.37. The molecule has 0 saturated heterocycles. The molecule has 1 unspecified atom stereocenters. The summed E-state index contributed by atoms with van der Waals surface area (Å²) in [6.45, 7) is 12.4. The molecule has 0 amide bonds. The fraction of sp³-hybridized carbons (Fsp3) is 0.538. The summed E-state index contributed by atoms with van der Waals surface area (Å²) in [7, 11) is 0. The van der Waals surface area contributed by atoms with Gasteiger partial charge in [-0.05, 0) is 113 Å². The number of rotatable bonds is 9. The van der Waals surface area contributed by atoms with Gasteiger partial charge in [-0.1, -0.05) is 48.9 Å². The lowest BCUT2D eigenvalue weighted by Crippen LogP contribution is -2.34. The van der Waals surface area contributed by atoms with Crippen LogP contribution in [0, 0.1) is 26.7 Å². The smallest absolute Gasteiger partial charge is 0.209 e. The Kier molecular flexibility index (Phi) is 7.82. The summed E-state index contributed by atoms with van der Waals surface area (Å²) >= 11 is 0. The van der Waals surface area contributed by atoms with E-state index in [1.807, 2.05) is 0 Å². The van der Waals surface area contributed by atoms with E-state index >= 15 is 0 Å². The van der Waals surface area contributed by atoms with E-state index in [9.17, 15) is 0 Å². The standard InChI is InChI=1S/C39H50N3O/c1-27-16-18-36-35(23-27)39(4,26-34-28(2)40-43-29(34)3)37(42(36)22-8-7-13-30-11-5-6-12-30)19-17-31-24-32-14-9-20-41-21-10-15-33(25-31)38(32)41/h16-19,23-25,30H,5-15,20-22,26H2,1-4H3/q+1. The third-order valence-electron chi connectivity index (χ3n) is 11.1. The number of hydrogen-bond donors (Lipinski definition) is 0. The second kappa shape index (κ2) is 11.7. The predicted octanol–water partition coefficient (Wildman–Crippen LogP) is 8.97. The molecule has 1 saturated carbocycles. The number of fused-ring (bicyclic) bond motifs is 1. The summed E-state index contributed by atoms with van der Waals surface area (Å²) in [5.41, 5.74) is 13.7. The summed E-state index contributed by atoms with van der Waals surface area (Å²) in [5, 5.41) is 4.35. The van der Waals surface area contributed by atoms with Gasteiger partial charge in [-0.25, -0.2) is 0 Å². The topological polar surface area (TPSA) is 32.3 Å². The zero-order valence-electron chi connectivity index (χ0n) is 27.0. The van der Waals surface area contributed by atoms with Gasteiger partial charge < -0.3 is 9.42 Å². The van der Waals surface area contributed by atoms with Crippen molar-refractivity contribution in [2.75, 3.05) is 24.5 Å². The van der Waals surface area contributed by atoms with Crippen LogP contribution in [0.5, 0.6) is 0 Å². The fourth-order valence-corrected chi connectivity index (χ4v) is 8.81. The summed E-state index contributed by atoms with van der Waals surface area (Å²) in [6, 6.07) is 12.1. The van der Waals surface area contributed by atoms with Gasteiger partial charge in [0.05, 0.1) is 11.1 Å². The molecule has 0 N–H and O–H groups in total. The van der Waals surface area contributed by atoms with Crippen molar-refractivity contribution in [1.29, 1.82) is 0 Å². The molecule has 1 fully saturated rings. The molecular formula is C39H50N3O+. The number of aromatic nitrogens is 1. The average Bonchev–Trinajstić information content (AvgIpc) is 3.69. The van der Waals surface area contributed by atoms with Crippen molar-refractivity contribution in [3.05, 3.63) is 81.2 Å². The van der Waals surface area contributed by atoms with E-state index in [4.69, 9.17) is 4.52 Å². The average molecular weight is 577 g/mol. The predicted molar refractivity (Wildman–Crippen MR) is 178 cm³/mol. The Morgan fingerprint density at radius 3 is 2.40 bits per heavy atom. The van der Waals surface area contributed by atoms with Crippen molar-refractivity contribution in [2.45, 2.75) is 110 Å². The molecule has 0 radical (unpaired) electrons.